The van der Waals surface area contributed by atoms with Crippen molar-refractivity contribution in [2.45, 2.75) is 44.7 Å². The highest BCUT2D eigenvalue weighted by molar-refractivity contribution is 5.77. The maximum Gasteiger partial charge on any atom is 0.224 e. The Morgan fingerprint density at radius 1 is 1.06 bits per heavy atom. The number of phenolic OH excluding ortho intramolecular Hbond substituents is 1. The second-order valence-corrected chi connectivity index (χ2v) is 8.37. The van der Waals surface area contributed by atoms with Gasteiger partial charge in [0.05, 0.1) is 18.3 Å². The average molecular weight is 419 g/mol. The topological polar surface area (TPSA) is 53.4 Å². The lowest BCUT2D eigenvalue weighted by Crippen LogP contribution is -2.36. The highest BCUT2D eigenvalue weighted by Gasteiger charge is 2.39. The van der Waals surface area contributed by atoms with E-state index in [-0.39, 0.29) is 29.4 Å². The number of carbonyl (C=O) groups is 1. The number of hydrogen-bond acceptors (Lipinski definition) is 3. The fourth-order valence-corrected chi connectivity index (χ4v) is 4.09. The van der Waals surface area contributed by atoms with Gasteiger partial charge in [0, 0.05) is 12.6 Å². The smallest absolute Gasteiger partial charge is 0.224 e. The number of aromatic hydroxyl groups is 1. The third-order valence-electron chi connectivity index (χ3n) is 5.94. The van der Waals surface area contributed by atoms with Crippen molar-refractivity contribution < 1.29 is 14.3 Å². The monoisotopic (exact) mass is 418 g/mol. The summed E-state index contributed by atoms with van der Waals surface area (Å²) in [5.74, 6) is 0.357. The van der Waals surface area contributed by atoms with Crippen LogP contribution in [0.5, 0.6) is 5.75 Å². The molecule has 4 rings (SSSR count). The molecule has 1 aliphatic carbocycles. The molecule has 2 aromatic carbocycles. The fraction of sp³-hybridized carbons (Fsp3) is 0.308. The normalized spacial score (nSPS) is 15.3. The number of benzene rings is 2. The number of rotatable bonds is 8. The zero-order valence-electron chi connectivity index (χ0n) is 17.6. The van der Waals surface area contributed by atoms with Crippen LogP contribution in [0.3, 0.4) is 0 Å². The number of aromatic nitrogens is 1. The van der Waals surface area contributed by atoms with Crippen molar-refractivity contribution in [2.24, 2.45) is 5.92 Å². The van der Waals surface area contributed by atoms with E-state index in [1.807, 2.05) is 42.2 Å². The van der Waals surface area contributed by atoms with Gasteiger partial charge in [0.1, 0.15) is 11.6 Å². The quantitative estimate of drug-likeness (QED) is 0.518. The molecule has 0 spiro atoms. The van der Waals surface area contributed by atoms with Gasteiger partial charge in [0.15, 0.2) is 0 Å². The van der Waals surface area contributed by atoms with Crippen LogP contribution in [-0.2, 0) is 11.3 Å². The Morgan fingerprint density at radius 3 is 2.35 bits per heavy atom. The minimum absolute atomic E-state index is 0.0287. The molecule has 1 N–H and O–H groups in total. The van der Waals surface area contributed by atoms with Crippen molar-refractivity contribution >= 4 is 5.91 Å². The fourth-order valence-electron chi connectivity index (χ4n) is 4.09. The second-order valence-electron chi connectivity index (χ2n) is 8.37. The van der Waals surface area contributed by atoms with E-state index in [1.54, 1.807) is 30.5 Å². The Bertz CT molecular complexity index is 1000. The first kappa shape index (κ1) is 21.0. The van der Waals surface area contributed by atoms with Gasteiger partial charge in [-0.05, 0) is 72.2 Å². The van der Waals surface area contributed by atoms with Gasteiger partial charge in [-0.2, -0.15) is 0 Å². The lowest BCUT2D eigenvalue weighted by molar-refractivity contribution is -0.135. The van der Waals surface area contributed by atoms with Crippen LogP contribution in [0.25, 0.3) is 0 Å². The summed E-state index contributed by atoms with van der Waals surface area (Å²) in [6.07, 6.45) is 4.22. The van der Waals surface area contributed by atoms with Gasteiger partial charge >= 0.3 is 0 Å². The second kappa shape index (κ2) is 9.29. The van der Waals surface area contributed by atoms with Gasteiger partial charge in [-0.15, -0.1) is 0 Å². The third kappa shape index (κ3) is 5.29. The van der Waals surface area contributed by atoms with E-state index in [1.165, 1.54) is 12.1 Å². The van der Waals surface area contributed by atoms with Gasteiger partial charge in [-0.1, -0.05) is 37.3 Å². The Hall–Kier alpha value is -3.21. The summed E-state index contributed by atoms with van der Waals surface area (Å²) < 4.78 is 13.3. The average Bonchev–Trinajstić information content (AvgIpc) is 3.61. The molecule has 1 aromatic heterocycles. The molecule has 0 bridgehead atoms. The standard InChI is InChI=1S/C26H27FN2O2/c1-18(19-7-11-22(27)12-8-19)16-25(31)29(17-23-4-2-3-15-28-23)26(20-5-6-20)21-9-13-24(30)14-10-21/h2-4,7-15,18,20,26,30H,5-6,16-17H2,1H3. The van der Waals surface area contributed by atoms with E-state index in [0.29, 0.717) is 18.9 Å². The van der Waals surface area contributed by atoms with Crippen molar-refractivity contribution in [1.82, 2.24) is 9.88 Å². The van der Waals surface area contributed by atoms with Crippen LogP contribution in [0.2, 0.25) is 0 Å². The van der Waals surface area contributed by atoms with E-state index < -0.39 is 0 Å². The lowest BCUT2D eigenvalue weighted by atomic mass is 9.95. The van der Waals surface area contributed by atoms with Crippen LogP contribution in [0.1, 0.15) is 55.0 Å². The van der Waals surface area contributed by atoms with E-state index in [9.17, 15) is 14.3 Å². The highest BCUT2D eigenvalue weighted by Crippen LogP contribution is 2.45. The molecule has 5 heteroatoms. The lowest BCUT2D eigenvalue weighted by Gasteiger charge is -2.33. The largest absolute Gasteiger partial charge is 0.508 e. The highest BCUT2D eigenvalue weighted by atomic mass is 19.1. The molecular formula is C26H27FN2O2. The van der Waals surface area contributed by atoms with Crippen molar-refractivity contribution in [3.63, 3.8) is 0 Å². The predicted molar refractivity (Wildman–Crippen MR) is 118 cm³/mol. The zero-order valence-corrected chi connectivity index (χ0v) is 17.6. The first-order chi connectivity index (χ1) is 15.0. The van der Waals surface area contributed by atoms with Crippen LogP contribution in [0, 0.1) is 11.7 Å². The third-order valence-corrected chi connectivity index (χ3v) is 5.94. The molecule has 1 amide bonds. The Labute approximate surface area is 182 Å². The minimum atomic E-state index is -0.278. The molecule has 1 saturated carbocycles. The molecule has 1 fully saturated rings. The van der Waals surface area contributed by atoms with Crippen molar-refractivity contribution in [2.75, 3.05) is 0 Å². The predicted octanol–water partition coefficient (Wildman–Crippen LogP) is 5.60. The molecule has 1 aliphatic rings. The summed E-state index contributed by atoms with van der Waals surface area (Å²) >= 11 is 0. The first-order valence-electron chi connectivity index (χ1n) is 10.7. The van der Waals surface area contributed by atoms with Crippen LogP contribution < -0.4 is 0 Å². The maximum absolute atomic E-state index is 13.6. The summed E-state index contributed by atoms with van der Waals surface area (Å²) in [4.78, 5) is 20.0. The summed E-state index contributed by atoms with van der Waals surface area (Å²) in [5.41, 5.74) is 2.81. The summed E-state index contributed by atoms with van der Waals surface area (Å²) in [7, 11) is 0. The molecule has 0 aliphatic heterocycles. The Kier molecular flexibility index (Phi) is 6.31. The van der Waals surface area contributed by atoms with Gasteiger partial charge in [-0.25, -0.2) is 4.39 Å². The Balaban J connectivity index is 1.61. The molecule has 2 atom stereocenters. The molecule has 31 heavy (non-hydrogen) atoms. The SMILES string of the molecule is CC(CC(=O)N(Cc1ccccn1)C(c1ccc(O)cc1)C1CC1)c1ccc(F)cc1. The van der Waals surface area contributed by atoms with Crippen molar-refractivity contribution in [3.8, 4) is 5.75 Å². The molecule has 1 heterocycles. The minimum Gasteiger partial charge on any atom is -0.508 e. The van der Waals surface area contributed by atoms with Gasteiger partial charge in [-0.3, -0.25) is 9.78 Å². The van der Waals surface area contributed by atoms with Crippen LogP contribution in [0.15, 0.2) is 72.9 Å². The summed E-state index contributed by atoms with van der Waals surface area (Å²) in [6, 6.07) is 19.2. The summed E-state index contributed by atoms with van der Waals surface area (Å²) in [6.45, 7) is 2.43. The molecule has 0 saturated heterocycles. The van der Waals surface area contributed by atoms with E-state index >= 15 is 0 Å². The zero-order chi connectivity index (χ0) is 21.8. The van der Waals surface area contributed by atoms with E-state index in [0.717, 1.165) is 29.7 Å². The summed E-state index contributed by atoms with van der Waals surface area (Å²) in [5, 5.41) is 9.72. The maximum atomic E-state index is 13.6. The number of pyridine rings is 1. The van der Waals surface area contributed by atoms with E-state index in [4.69, 9.17) is 0 Å². The Morgan fingerprint density at radius 2 is 1.74 bits per heavy atom. The van der Waals surface area contributed by atoms with Crippen molar-refractivity contribution in [1.29, 1.82) is 0 Å². The van der Waals surface area contributed by atoms with E-state index in [2.05, 4.69) is 4.98 Å². The number of halogens is 1. The van der Waals surface area contributed by atoms with Gasteiger partial charge < -0.3 is 10.0 Å². The number of carbonyl (C=O) groups excluding carboxylic acids is 1. The molecule has 3 aromatic rings. The molecule has 2 unspecified atom stereocenters. The van der Waals surface area contributed by atoms with Gasteiger partial charge in [0.2, 0.25) is 5.91 Å². The number of hydrogen-bond donors (Lipinski definition) is 1. The molecular weight excluding hydrogens is 391 g/mol. The van der Waals surface area contributed by atoms with Crippen LogP contribution in [-0.4, -0.2) is 20.9 Å². The molecule has 4 nitrogen and oxygen atoms in total. The van der Waals surface area contributed by atoms with Gasteiger partial charge in [0.25, 0.3) is 0 Å². The van der Waals surface area contributed by atoms with Crippen molar-refractivity contribution in [3.05, 3.63) is 95.6 Å². The van der Waals surface area contributed by atoms with Crippen LogP contribution in [0.4, 0.5) is 4.39 Å². The first-order valence-corrected chi connectivity index (χ1v) is 10.7. The molecule has 160 valence electrons. The van der Waals surface area contributed by atoms with Crippen LogP contribution >= 0.6 is 0 Å². The number of phenols is 1. The number of amides is 1. The molecule has 0 radical (unpaired) electrons. The number of nitrogens with zero attached hydrogens (tertiary/aromatic N) is 2.